The van der Waals surface area contributed by atoms with Crippen LogP contribution in [0.3, 0.4) is 0 Å². The quantitative estimate of drug-likeness (QED) is 0.462. The van der Waals surface area contributed by atoms with Crippen LogP contribution in [0.15, 0.2) is 6.07 Å². The second-order valence-corrected chi connectivity index (χ2v) is 3.10. The number of alkyl halides is 5. The summed E-state index contributed by atoms with van der Waals surface area (Å²) in [5, 5.41) is -0.592. The van der Waals surface area contributed by atoms with Gasteiger partial charge < -0.3 is 0 Å². The lowest BCUT2D eigenvalue weighted by Gasteiger charge is -2.13. The summed E-state index contributed by atoms with van der Waals surface area (Å²) in [7, 11) is 0. The highest BCUT2D eigenvalue weighted by molar-refractivity contribution is 6.29. The van der Waals surface area contributed by atoms with E-state index in [4.69, 9.17) is 11.6 Å². The lowest BCUT2D eigenvalue weighted by molar-refractivity contribution is -0.140. The molecule has 0 spiro atoms. The summed E-state index contributed by atoms with van der Waals surface area (Å²) in [6.07, 6.45) is -8.74. The zero-order chi connectivity index (χ0) is 12.5. The highest BCUT2D eigenvalue weighted by atomic mass is 35.5. The van der Waals surface area contributed by atoms with E-state index >= 15 is 0 Å². The molecule has 16 heavy (non-hydrogen) atoms. The molecule has 1 aromatic heterocycles. The van der Waals surface area contributed by atoms with Gasteiger partial charge in [0.25, 0.3) is 6.43 Å². The van der Waals surface area contributed by atoms with Crippen LogP contribution >= 0.6 is 11.6 Å². The minimum Gasteiger partial charge on any atom is -0.298 e. The van der Waals surface area contributed by atoms with Gasteiger partial charge in [-0.1, -0.05) is 11.6 Å². The van der Waals surface area contributed by atoms with Crippen LogP contribution in [-0.2, 0) is 6.18 Å². The average molecular weight is 260 g/mol. The molecule has 1 rings (SSSR count). The van der Waals surface area contributed by atoms with E-state index in [0.717, 1.165) is 0 Å². The normalized spacial score (nSPS) is 11.9. The second-order valence-electron chi connectivity index (χ2n) is 2.71. The SMILES string of the molecule is O=Cc1cc(Cl)nc(C(F)F)c1C(F)(F)F. The predicted octanol–water partition coefficient (Wildman–Crippen LogP) is 3.50. The number of hydrogen-bond donors (Lipinski definition) is 0. The molecule has 0 unspecified atom stereocenters. The first-order chi connectivity index (χ1) is 7.27. The van der Waals surface area contributed by atoms with Gasteiger partial charge in [0.2, 0.25) is 0 Å². The summed E-state index contributed by atoms with van der Waals surface area (Å²) in [4.78, 5) is 13.3. The maximum Gasteiger partial charge on any atom is 0.419 e. The molecule has 0 N–H and O–H groups in total. The van der Waals surface area contributed by atoms with E-state index in [1.54, 1.807) is 0 Å². The van der Waals surface area contributed by atoms with Crippen molar-refractivity contribution in [2.24, 2.45) is 0 Å². The molecule has 1 heterocycles. The average Bonchev–Trinajstić information content (AvgIpc) is 2.14. The van der Waals surface area contributed by atoms with Gasteiger partial charge in [0.05, 0.1) is 5.56 Å². The molecule has 8 heteroatoms. The van der Waals surface area contributed by atoms with Crippen molar-refractivity contribution in [2.45, 2.75) is 12.6 Å². The van der Waals surface area contributed by atoms with Crippen molar-refractivity contribution in [3.63, 3.8) is 0 Å². The fourth-order valence-electron chi connectivity index (χ4n) is 1.11. The Morgan fingerprint density at radius 1 is 1.38 bits per heavy atom. The maximum absolute atomic E-state index is 12.4. The van der Waals surface area contributed by atoms with Crippen LogP contribution < -0.4 is 0 Å². The van der Waals surface area contributed by atoms with Gasteiger partial charge in [0.1, 0.15) is 10.8 Å². The van der Waals surface area contributed by atoms with E-state index in [-0.39, 0.29) is 6.29 Å². The minimum absolute atomic E-state index is 0.192. The molecule has 0 aliphatic rings. The molecule has 0 aromatic carbocycles. The second kappa shape index (κ2) is 4.32. The Bertz CT molecular complexity index is 418. The molecule has 0 bridgehead atoms. The highest BCUT2D eigenvalue weighted by Gasteiger charge is 2.39. The van der Waals surface area contributed by atoms with Gasteiger partial charge in [-0.3, -0.25) is 4.79 Å². The number of carbonyl (C=O) groups is 1. The van der Waals surface area contributed by atoms with Crippen molar-refractivity contribution in [1.82, 2.24) is 4.98 Å². The molecule has 0 atom stereocenters. The molecule has 0 radical (unpaired) electrons. The van der Waals surface area contributed by atoms with Gasteiger partial charge in [-0.05, 0) is 6.07 Å². The number of aromatic nitrogens is 1. The Labute approximate surface area is 91.0 Å². The number of aldehydes is 1. The van der Waals surface area contributed by atoms with Crippen molar-refractivity contribution in [1.29, 1.82) is 0 Å². The van der Waals surface area contributed by atoms with Gasteiger partial charge in [-0.25, -0.2) is 13.8 Å². The van der Waals surface area contributed by atoms with Crippen LogP contribution in [0.2, 0.25) is 5.15 Å². The van der Waals surface area contributed by atoms with Crippen molar-refractivity contribution in [2.75, 3.05) is 0 Å². The molecule has 88 valence electrons. The van der Waals surface area contributed by atoms with Crippen molar-refractivity contribution >= 4 is 17.9 Å². The molecule has 0 saturated heterocycles. The topological polar surface area (TPSA) is 30.0 Å². The Balaban J connectivity index is 3.58. The molecule has 0 aliphatic carbocycles. The van der Waals surface area contributed by atoms with Crippen molar-refractivity contribution in [3.05, 3.63) is 28.0 Å². The van der Waals surface area contributed by atoms with E-state index in [2.05, 4.69) is 4.98 Å². The molecule has 0 aliphatic heterocycles. The number of carbonyl (C=O) groups excluding carboxylic acids is 1. The van der Waals surface area contributed by atoms with Crippen LogP contribution in [0.4, 0.5) is 22.0 Å². The van der Waals surface area contributed by atoms with Gasteiger partial charge in [-0.2, -0.15) is 13.2 Å². The van der Waals surface area contributed by atoms with Gasteiger partial charge in [0.15, 0.2) is 6.29 Å². The van der Waals surface area contributed by atoms with E-state index in [0.29, 0.717) is 6.07 Å². The molecule has 1 aromatic rings. The van der Waals surface area contributed by atoms with Crippen LogP contribution in [0.5, 0.6) is 0 Å². The third-order valence-corrected chi connectivity index (χ3v) is 1.86. The summed E-state index contributed by atoms with van der Waals surface area (Å²) in [5.41, 5.74) is -4.24. The van der Waals surface area contributed by atoms with Gasteiger partial charge in [0, 0.05) is 5.56 Å². The third-order valence-electron chi connectivity index (χ3n) is 1.66. The number of hydrogen-bond acceptors (Lipinski definition) is 2. The van der Waals surface area contributed by atoms with Crippen LogP contribution in [0, 0.1) is 0 Å². The standard InChI is InChI=1S/C8H3ClF5NO/c9-4-1-3(2-16)5(8(12,13)14)6(15-4)7(10)11/h1-2,7H. The Hall–Kier alpha value is -1.24. The lowest BCUT2D eigenvalue weighted by atomic mass is 10.1. The zero-order valence-electron chi connectivity index (χ0n) is 7.36. The largest absolute Gasteiger partial charge is 0.419 e. The molecule has 0 amide bonds. The number of rotatable bonds is 2. The highest BCUT2D eigenvalue weighted by Crippen LogP contribution is 2.38. The molecule has 0 saturated carbocycles. The summed E-state index contributed by atoms with van der Waals surface area (Å²) < 4.78 is 61.9. The summed E-state index contributed by atoms with van der Waals surface area (Å²) in [6.45, 7) is 0. The number of nitrogens with zero attached hydrogens (tertiary/aromatic N) is 1. The molecule has 2 nitrogen and oxygen atoms in total. The monoisotopic (exact) mass is 259 g/mol. The smallest absolute Gasteiger partial charge is 0.298 e. The summed E-state index contributed by atoms with van der Waals surface area (Å²) in [5.74, 6) is 0. The Morgan fingerprint density at radius 2 is 1.94 bits per heavy atom. The fraction of sp³-hybridized carbons (Fsp3) is 0.250. The van der Waals surface area contributed by atoms with Crippen LogP contribution in [0.25, 0.3) is 0 Å². The maximum atomic E-state index is 12.4. The lowest BCUT2D eigenvalue weighted by Crippen LogP contribution is -2.15. The van der Waals surface area contributed by atoms with E-state index < -0.39 is 34.6 Å². The first-order valence-electron chi connectivity index (χ1n) is 3.78. The number of pyridine rings is 1. The first kappa shape index (κ1) is 12.8. The third kappa shape index (κ3) is 2.46. The van der Waals surface area contributed by atoms with E-state index in [9.17, 15) is 26.7 Å². The first-order valence-corrected chi connectivity index (χ1v) is 4.16. The fourth-order valence-corrected chi connectivity index (χ4v) is 1.32. The summed E-state index contributed by atoms with van der Waals surface area (Å²) >= 11 is 5.22. The number of halogens is 6. The van der Waals surface area contributed by atoms with Crippen molar-refractivity contribution in [3.8, 4) is 0 Å². The molecular weight excluding hydrogens is 257 g/mol. The zero-order valence-corrected chi connectivity index (χ0v) is 8.11. The Kier molecular flexibility index (Phi) is 3.47. The predicted molar refractivity (Wildman–Crippen MR) is 44.6 cm³/mol. The van der Waals surface area contributed by atoms with Crippen LogP contribution in [0.1, 0.15) is 28.0 Å². The Morgan fingerprint density at radius 3 is 2.31 bits per heavy atom. The van der Waals surface area contributed by atoms with E-state index in [1.165, 1.54) is 0 Å². The van der Waals surface area contributed by atoms with E-state index in [1.807, 2.05) is 0 Å². The van der Waals surface area contributed by atoms with Crippen LogP contribution in [-0.4, -0.2) is 11.3 Å². The van der Waals surface area contributed by atoms with Crippen molar-refractivity contribution < 1.29 is 26.7 Å². The van der Waals surface area contributed by atoms with Gasteiger partial charge >= 0.3 is 6.18 Å². The van der Waals surface area contributed by atoms with Gasteiger partial charge in [-0.15, -0.1) is 0 Å². The molecule has 0 fully saturated rings. The summed E-state index contributed by atoms with van der Waals surface area (Å²) in [6, 6.07) is 0.587. The molecular formula is C8H3ClF5NO. The minimum atomic E-state index is -5.08.